The average Bonchev–Trinajstić information content (AvgIpc) is 3.21. The van der Waals surface area contributed by atoms with Gasteiger partial charge in [-0.15, -0.1) is 0 Å². The van der Waals surface area contributed by atoms with Crippen molar-refractivity contribution in [2.75, 3.05) is 50.6 Å². The second-order valence-electron chi connectivity index (χ2n) is 8.19. The first kappa shape index (κ1) is 17.7. The molecule has 0 aromatic heterocycles. The molecule has 2 atom stereocenters. The Morgan fingerprint density at radius 3 is 2.86 bits per heavy atom. The quantitative estimate of drug-likeness (QED) is 0.834. The number of fused-ring (bicyclic) bond motifs is 2. The number of hydrogen-bond donors (Lipinski definition) is 2. The van der Waals surface area contributed by atoms with Crippen LogP contribution in [0.5, 0.6) is 11.5 Å². The summed E-state index contributed by atoms with van der Waals surface area (Å²) >= 11 is 0. The van der Waals surface area contributed by atoms with Crippen LogP contribution in [0.3, 0.4) is 0 Å². The van der Waals surface area contributed by atoms with Gasteiger partial charge in [-0.25, -0.2) is 0 Å². The highest BCUT2D eigenvalue weighted by atomic mass is 16.5. The van der Waals surface area contributed by atoms with Crippen molar-refractivity contribution in [3.8, 4) is 11.5 Å². The summed E-state index contributed by atoms with van der Waals surface area (Å²) in [5.41, 5.74) is 7.02. The van der Waals surface area contributed by atoms with Crippen molar-refractivity contribution in [1.29, 1.82) is 0 Å². The SMILES string of the molecule is COc1ccc(CNc2cc3c4c(c2)C2CNCC2CN4CCC3)cc1OC. The van der Waals surface area contributed by atoms with Crippen molar-refractivity contribution < 1.29 is 9.47 Å². The van der Waals surface area contributed by atoms with E-state index in [9.17, 15) is 0 Å². The van der Waals surface area contributed by atoms with Crippen LogP contribution in [-0.2, 0) is 13.0 Å². The molecular formula is C23H29N3O2. The van der Waals surface area contributed by atoms with Gasteiger partial charge in [-0.05, 0) is 59.7 Å². The number of hydrogen-bond acceptors (Lipinski definition) is 5. The Morgan fingerprint density at radius 2 is 2.00 bits per heavy atom. The minimum atomic E-state index is 0.658. The Labute approximate surface area is 167 Å². The van der Waals surface area contributed by atoms with Crippen LogP contribution in [0.1, 0.15) is 29.0 Å². The first-order valence-corrected chi connectivity index (χ1v) is 10.3. The predicted octanol–water partition coefficient (Wildman–Crippen LogP) is 3.39. The fraction of sp³-hybridized carbons (Fsp3) is 0.478. The summed E-state index contributed by atoms with van der Waals surface area (Å²) in [7, 11) is 3.35. The van der Waals surface area contributed by atoms with Gasteiger partial charge in [0.15, 0.2) is 11.5 Å². The van der Waals surface area contributed by atoms with Gasteiger partial charge >= 0.3 is 0 Å². The predicted molar refractivity (Wildman–Crippen MR) is 113 cm³/mol. The summed E-state index contributed by atoms with van der Waals surface area (Å²) in [6.07, 6.45) is 2.45. The molecule has 5 rings (SSSR count). The van der Waals surface area contributed by atoms with E-state index in [0.29, 0.717) is 5.92 Å². The van der Waals surface area contributed by atoms with Crippen LogP contribution in [0.4, 0.5) is 11.4 Å². The number of benzene rings is 2. The maximum atomic E-state index is 5.44. The standard InChI is InChI=1S/C23H29N3O2/c1-27-21-6-5-15(8-22(21)28-2)11-25-18-9-16-4-3-7-26-14-17-12-24-13-20(17)19(10-18)23(16)26/h5-6,8-10,17,20,24-25H,3-4,7,11-14H2,1-2H3. The molecule has 0 spiro atoms. The lowest BCUT2D eigenvalue weighted by atomic mass is 9.80. The van der Waals surface area contributed by atoms with Gasteiger partial charge in [-0.1, -0.05) is 6.07 Å². The van der Waals surface area contributed by atoms with Crippen molar-refractivity contribution in [3.05, 3.63) is 47.0 Å². The molecule has 1 fully saturated rings. The van der Waals surface area contributed by atoms with Gasteiger partial charge in [0.25, 0.3) is 0 Å². The lowest BCUT2D eigenvalue weighted by Gasteiger charge is -2.42. The molecule has 1 saturated heterocycles. The maximum Gasteiger partial charge on any atom is 0.161 e. The van der Waals surface area contributed by atoms with Gasteiger partial charge in [0, 0.05) is 50.0 Å². The zero-order valence-electron chi connectivity index (χ0n) is 16.8. The van der Waals surface area contributed by atoms with E-state index in [2.05, 4.69) is 33.7 Å². The smallest absolute Gasteiger partial charge is 0.161 e. The van der Waals surface area contributed by atoms with Gasteiger partial charge in [-0.3, -0.25) is 0 Å². The molecule has 2 unspecified atom stereocenters. The van der Waals surface area contributed by atoms with Gasteiger partial charge in [-0.2, -0.15) is 0 Å². The van der Waals surface area contributed by atoms with Gasteiger partial charge in [0.2, 0.25) is 0 Å². The molecule has 5 nitrogen and oxygen atoms in total. The van der Waals surface area contributed by atoms with E-state index in [1.807, 2.05) is 12.1 Å². The third kappa shape index (κ3) is 2.98. The Balaban J connectivity index is 1.42. The molecular weight excluding hydrogens is 350 g/mol. The van der Waals surface area contributed by atoms with Crippen molar-refractivity contribution in [2.45, 2.75) is 25.3 Å². The number of ether oxygens (including phenoxy) is 2. The normalized spacial score (nSPS) is 22.4. The van der Waals surface area contributed by atoms with Crippen molar-refractivity contribution in [3.63, 3.8) is 0 Å². The number of rotatable bonds is 5. The fourth-order valence-corrected chi connectivity index (χ4v) is 5.20. The van der Waals surface area contributed by atoms with Gasteiger partial charge in [0.1, 0.15) is 0 Å². The molecule has 2 aromatic rings. The molecule has 3 aliphatic rings. The van der Waals surface area contributed by atoms with E-state index < -0.39 is 0 Å². The van der Waals surface area contributed by atoms with E-state index in [1.54, 1.807) is 19.8 Å². The molecule has 2 N–H and O–H groups in total. The third-order valence-electron chi connectivity index (χ3n) is 6.55. The molecule has 148 valence electrons. The van der Waals surface area contributed by atoms with E-state index >= 15 is 0 Å². The molecule has 0 bridgehead atoms. The van der Waals surface area contributed by atoms with Crippen LogP contribution < -0.4 is 25.0 Å². The lowest BCUT2D eigenvalue weighted by Crippen LogP contribution is -2.41. The summed E-state index contributed by atoms with van der Waals surface area (Å²) in [4.78, 5) is 2.64. The summed E-state index contributed by atoms with van der Waals surface area (Å²) in [6, 6.07) is 10.9. The van der Waals surface area contributed by atoms with Crippen LogP contribution in [0.15, 0.2) is 30.3 Å². The van der Waals surface area contributed by atoms with Gasteiger partial charge in [0.05, 0.1) is 14.2 Å². The number of nitrogens with zero attached hydrogens (tertiary/aromatic N) is 1. The number of methoxy groups -OCH3 is 2. The Morgan fingerprint density at radius 1 is 1.11 bits per heavy atom. The van der Waals surface area contributed by atoms with Crippen LogP contribution in [0, 0.1) is 5.92 Å². The Bertz CT molecular complexity index is 882. The lowest BCUT2D eigenvalue weighted by molar-refractivity contribution is 0.354. The highest BCUT2D eigenvalue weighted by molar-refractivity contribution is 5.70. The minimum Gasteiger partial charge on any atom is -0.493 e. The van der Waals surface area contributed by atoms with Crippen LogP contribution >= 0.6 is 0 Å². The first-order chi connectivity index (χ1) is 13.8. The van der Waals surface area contributed by atoms with E-state index in [-0.39, 0.29) is 0 Å². The van der Waals surface area contributed by atoms with Gasteiger partial charge < -0.3 is 25.0 Å². The zero-order chi connectivity index (χ0) is 19.1. The summed E-state index contributed by atoms with van der Waals surface area (Å²) in [5, 5.41) is 7.28. The summed E-state index contributed by atoms with van der Waals surface area (Å²) in [5.74, 6) is 2.95. The largest absolute Gasteiger partial charge is 0.493 e. The topological polar surface area (TPSA) is 45.8 Å². The van der Waals surface area contributed by atoms with Crippen molar-refractivity contribution >= 4 is 11.4 Å². The molecule has 0 aliphatic carbocycles. The van der Waals surface area contributed by atoms with Crippen LogP contribution in [-0.4, -0.2) is 40.4 Å². The van der Waals surface area contributed by atoms with E-state index in [0.717, 1.165) is 37.1 Å². The molecule has 0 radical (unpaired) electrons. The molecule has 0 saturated carbocycles. The summed E-state index contributed by atoms with van der Waals surface area (Å²) < 4.78 is 10.8. The van der Waals surface area contributed by atoms with E-state index in [1.165, 1.54) is 48.4 Å². The fourth-order valence-electron chi connectivity index (χ4n) is 5.20. The first-order valence-electron chi connectivity index (χ1n) is 10.3. The monoisotopic (exact) mass is 379 g/mol. The van der Waals surface area contributed by atoms with Crippen molar-refractivity contribution in [2.24, 2.45) is 5.92 Å². The second kappa shape index (κ2) is 7.21. The highest BCUT2D eigenvalue weighted by Gasteiger charge is 2.38. The summed E-state index contributed by atoms with van der Waals surface area (Å²) in [6.45, 7) is 5.47. The Hall–Kier alpha value is -2.40. The Kier molecular flexibility index (Phi) is 4.55. The number of anilines is 2. The maximum absolute atomic E-state index is 5.44. The van der Waals surface area contributed by atoms with Crippen molar-refractivity contribution in [1.82, 2.24) is 5.32 Å². The number of aryl methyl sites for hydroxylation is 1. The molecule has 3 heterocycles. The third-order valence-corrected chi connectivity index (χ3v) is 6.55. The molecule has 28 heavy (non-hydrogen) atoms. The van der Waals surface area contributed by atoms with Crippen LogP contribution in [0.25, 0.3) is 0 Å². The molecule has 2 aromatic carbocycles. The molecule has 5 heteroatoms. The average molecular weight is 380 g/mol. The van der Waals surface area contributed by atoms with Crippen LogP contribution in [0.2, 0.25) is 0 Å². The zero-order valence-corrected chi connectivity index (χ0v) is 16.8. The van der Waals surface area contributed by atoms with E-state index in [4.69, 9.17) is 9.47 Å². The second-order valence-corrected chi connectivity index (χ2v) is 8.19. The molecule has 3 aliphatic heterocycles. The molecule has 0 amide bonds. The minimum absolute atomic E-state index is 0.658. The number of nitrogens with one attached hydrogen (secondary N) is 2. The highest BCUT2D eigenvalue weighted by Crippen LogP contribution is 2.45.